The van der Waals surface area contributed by atoms with Gasteiger partial charge in [-0.25, -0.2) is 12.7 Å². The molecule has 0 aromatic heterocycles. The number of sulfonamides is 1. The van der Waals surface area contributed by atoms with Gasteiger partial charge >= 0.3 is 0 Å². The van der Waals surface area contributed by atoms with E-state index in [4.69, 9.17) is 0 Å². The third-order valence-electron chi connectivity index (χ3n) is 5.04. The average molecular weight is 350 g/mol. The molecule has 0 unspecified atom stereocenters. The van der Waals surface area contributed by atoms with Gasteiger partial charge in [-0.3, -0.25) is 4.79 Å². The van der Waals surface area contributed by atoms with Crippen LogP contribution in [-0.2, 0) is 34.1 Å². The van der Waals surface area contributed by atoms with Gasteiger partial charge in [-0.2, -0.15) is 0 Å². The van der Waals surface area contributed by atoms with Crippen molar-refractivity contribution >= 4 is 15.9 Å². The molecular weight excluding hydrogens is 324 g/mol. The smallest absolute Gasteiger partial charge is 0.227 e. The van der Waals surface area contributed by atoms with Crippen LogP contribution in [0.2, 0.25) is 0 Å². The minimum atomic E-state index is -3.17. The van der Waals surface area contributed by atoms with Crippen LogP contribution in [-0.4, -0.2) is 56.0 Å². The summed E-state index contributed by atoms with van der Waals surface area (Å²) in [5.74, 6) is 0.0983. The molecule has 1 amide bonds. The first-order chi connectivity index (χ1) is 11.4. The summed E-state index contributed by atoms with van der Waals surface area (Å²) < 4.78 is 24.8. The highest BCUT2D eigenvalue weighted by molar-refractivity contribution is 7.88. The summed E-state index contributed by atoms with van der Waals surface area (Å²) in [7, 11) is -3.17. The zero-order valence-corrected chi connectivity index (χ0v) is 15.1. The summed E-state index contributed by atoms with van der Waals surface area (Å²) in [6, 6.07) is 6.43. The van der Waals surface area contributed by atoms with E-state index in [1.807, 2.05) is 4.90 Å². The molecule has 0 saturated carbocycles. The van der Waals surface area contributed by atoms with Gasteiger partial charge in [0, 0.05) is 26.2 Å². The molecule has 24 heavy (non-hydrogen) atoms. The molecule has 1 saturated heterocycles. The molecule has 0 bridgehead atoms. The van der Waals surface area contributed by atoms with Crippen molar-refractivity contribution in [1.29, 1.82) is 0 Å². The van der Waals surface area contributed by atoms with E-state index in [-0.39, 0.29) is 5.91 Å². The van der Waals surface area contributed by atoms with Crippen molar-refractivity contribution in [2.75, 3.05) is 32.4 Å². The number of carbonyl (C=O) groups excluding carboxylic acids is 1. The van der Waals surface area contributed by atoms with Gasteiger partial charge in [-0.05, 0) is 48.8 Å². The van der Waals surface area contributed by atoms with Gasteiger partial charge in [0.05, 0.1) is 12.7 Å². The molecular formula is C18H26N2O3S. The van der Waals surface area contributed by atoms with Crippen molar-refractivity contribution in [3.63, 3.8) is 0 Å². The molecule has 3 rings (SSSR count). The van der Waals surface area contributed by atoms with Gasteiger partial charge in [0.25, 0.3) is 0 Å². The highest BCUT2D eigenvalue weighted by Crippen LogP contribution is 2.22. The van der Waals surface area contributed by atoms with Crippen molar-refractivity contribution in [3.05, 3.63) is 34.9 Å². The monoisotopic (exact) mass is 350 g/mol. The quantitative estimate of drug-likeness (QED) is 0.832. The maximum atomic E-state index is 12.6. The summed E-state index contributed by atoms with van der Waals surface area (Å²) >= 11 is 0. The third kappa shape index (κ3) is 4.16. The van der Waals surface area contributed by atoms with E-state index in [2.05, 4.69) is 18.2 Å². The van der Waals surface area contributed by atoms with Crippen LogP contribution in [0.1, 0.15) is 36.0 Å². The Morgan fingerprint density at radius 3 is 2.50 bits per heavy atom. The lowest BCUT2D eigenvalue weighted by Crippen LogP contribution is -2.37. The lowest BCUT2D eigenvalue weighted by Gasteiger charge is -2.22. The Hall–Kier alpha value is -1.40. The van der Waals surface area contributed by atoms with E-state index < -0.39 is 10.0 Å². The second-order valence-corrected chi connectivity index (χ2v) is 8.87. The highest BCUT2D eigenvalue weighted by Gasteiger charge is 2.24. The van der Waals surface area contributed by atoms with Crippen molar-refractivity contribution in [3.8, 4) is 0 Å². The Kier molecular flexibility index (Phi) is 5.25. The molecule has 0 atom stereocenters. The summed E-state index contributed by atoms with van der Waals surface area (Å²) in [4.78, 5) is 14.4. The van der Waals surface area contributed by atoms with Crippen LogP contribution in [0.25, 0.3) is 0 Å². The van der Waals surface area contributed by atoms with E-state index in [1.165, 1.54) is 34.5 Å². The zero-order valence-electron chi connectivity index (χ0n) is 14.3. The number of hydrogen-bond donors (Lipinski definition) is 0. The standard InChI is InChI=1S/C18H26N2O3S/c1-24(22,23)20-10-4-9-19(11-12-20)18(21)14-15-7-8-16-5-2-3-6-17(16)13-15/h7-8,13H,2-6,9-12,14H2,1H3. The van der Waals surface area contributed by atoms with Gasteiger partial charge < -0.3 is 4.90 Å². The molecule has 6 heteroatoms. The van der Waals surface area contributed by atoms with E-state index in [0.29, 0.717) is 39.0 Å². The first-order valence-corrected chi connectivity index (χ1v) is 10.6. The highest BCUT2D eigenvalue weighted by atomic mass is 32.2. The van der Waals surface area contributed by atoms with Gasteiger partial charge in [0.2, 0.25) is 15.9 Å². The number of benzene rings is 1. The largest absolute Gasteiger partial charge is 0.341 e. The molecule has 1 aliphatic heterocycles. The number of nitrogens with zero attached hydrogens (tertiary/aromatic N) is 2. The van der Waals surface area contributed by atoms with E-state index in [1.54, 1.807) is 0 Å². The topological polar surface area (TPSA) is 57.7 Å². The first-order valence-electron chi connectivity index (χ1n) is 8.77. The van der Waals surface area contributed by atoms with Crippen LogP contribution >= 0.6 is 0 Å². The molecule has 1 fully saturated rings. The lowest BCUT2D eigenvalue weighted by molar-refractivity contribution is -0.130. The van der Waals surface area contributed by atoms with Gasteiger partial charge in [-0.1, -0.05) is 18.2 Å². The molecule has 1 aliphatic carbocycles. The maximum Gasteiger partial charge on any atom is 0.227 e. The number of aryl methyl sites for hydroxylation is 2. The lowest BCUT2D eigenvalue weighted by atomic mass is 9.90. The number of carbonyl (C=O) groups is 1. The van der Waals surface area contributed by atoms with E-state index >= 15 is 0 Å². The summed E-state index contributed by atoms with van der Waals surface area (Å²) in [5.41, 5.74) is 3.89. The van der Waals surface area contributed by atoms with Crippen LogP contribution in [0.3, 0.4) is 0 Å². The SMILES string of the molecule is CS(=O)(=O)N1CCCN(C(=O)Cc2ccc3c(c2)CCCC3)CC1. The molecule has 0 N–H and O–H groups in total. The normalized spacial score (nSPS) is 19.6. The summed E-state index contributed by atoms with van der Waals surface area (Å²) in [6.07, 6.45) is 7.10. The Morgan fingerprint density at radius 1 is 1.00 bits per heavy atom. The molecule has 0 radical (unpaired) electrons. The number of fused-ring (bicyclic) bond motifs is 1. The molecule has 1 aromatic carbocycles. The van der Waals surface area contributed by atoms with Crippen molar-refractivity contribution in [2.45, 2.75) is 38.5 Å². The molecule has 132 valence electrons. The van der Waals surface area contributed by atoms with Gasteiger partial charge in [0.15, 0.2) is 0 Å². The fourth-order valence-electron chi connectivity index (χ4n) is 3.66. The van der Waals surface area contributed by atoms with Crippen molar-refractivity contribution in [1.82, 2.24) is 9.21 Å². The van der Waals surface area contributed by atoms with Gasteiger partial charge in [0.1, 0.15) is 0 Å². The Morgan fingerprint density at radius 2 is 1.75 bits per heavy atom. The Balaban J connectivity index is 1.63. The summed E-state index contributed by atoms with van der Waals surface area (Å²) in [5, 5.41) is 0. The van der Waals surface area contributed by atoms with Gasteiger partial charge in [-0.15, -0.1) is 0 Å². The molecule has 0 spiro atoms. The average Bonchev–Trinajstić information content (AvgIpc) is 2.80. The van der Waals surface area contributed by atoms with E-state index in [9.17, 15) is 13.2 Å². The molecule has 1 heterocycles. The first kappa shape index (κ1) is 17.4. The second kappa shape index (κ2) is 7.23. The van der Waals surface area contributed by atoms with Crippen LogP contribution in [0.15, 0.2) is 18.2 Å². The van der Waals surface area contributed by atoms with Crippen molar-refractivity contribution in [2.24, 2.45) is 0 Å². The van der Waals surface area contributed by atoms with Crippen LogP contribution in [0, 0.1) is 0 Å². The predicted octanol–water partition coefficient (Wildman–Crippen LogP) is 1.60. The number of amides is 1. The zero-order chi connectivity index (χ0) is 17.2. The van der Waals surface area contributed by atoms with Crippen LogP contribution in [0.5, 0.6) is 0 Å². The molecule has 1 aromatic rings. The third-order valence-corrected chi connectivity index (χ3v) is 6.35. The second-order valence-electron chi connectivity index (χ2n) is 6.88. The molecule has 2 aliphatic rings. The fourth-order valence-corrected chi connectivity index (χ4v) is 4.53. The fraction of sp³-hybridized carbons (Fsp3) is 0.611. The number of hydrogen-bond acceptors (Lipinski definition) is 3. The van der Waals surface area contributed by atoms with Crippen molar-refractivity contribution < 1.29 is 13.2 Å². The Labute approximate surface area is 144 Å². The van der Waals surface area contributed by atoms with E-state index in [0.717, 1.165) is 18.4 Å². The van der Waals surface area contributed by atoms with Crippen LogP contribution in [0.4, 0.5) is 0 Å². The predicted molar refractivity (Wildman–Crippen MR) is 94.4 cm³/mol. The molecule has 5 nitrogen and oxygen atoms in total. The van der Waals surface area contributed by atoms with Crippen LogP contribution < -0.4 is 0 Å². The number of rotatable bonds is 3. The summed E-state index contributed by atoms with van der Waals surface area (Å²) in [6.45, 7) is 2.02. The minimum absolute atomic E-state index is 0.0983. The Bertz CT molecular complexity index is 715. The maximum absolute atomic E-state index is 12.6. The minimum Gasteiger partial charge on any atom is -0.341 e.